The van der Waals surface area contributed by atoms with E-state index in [9.17, 15) is 0 Å². The minimum absolute atomic E-state index is 0.433. The zero-order valence-corrected chi connectivity index (χ0v) is 15.5. The van der Waals surface area contributed by atoms with Crippen molar-refractivity contribution in [1.82, 2.24) is 9.97 Å². The highest BCUT2D eigenvalue weighted by Crippen LogP contribution is 2.28. The van der Waals surface area contributed by atoms with Crippen LogP contribution in [0.5, 0.6) is 11.5 Å². The van der Waals surface area contributed by atoms with Gasteiger partial charge in [-0.2, -0.15) is 0 Å². The number of imidazole rings is 1. The summed E-state index contributed by atoms with van der Waals surface area (Å²) < 4.78 is 11.5. The number of H-pyrrole nitrogens is 1. The van der Waals surface area contributed by atoms with Crippen LogP contribution in [-0.2, 0) is 13.0 Å². The lowest BCUT2D eigenvalue weighted by Crippen LogP contribution is -1.99. The molecule has 0 aliphatic rings. The summed E-state index contributed by atoms with van der Waals surface area (Å²) in [5.41, 5.74) is 5.27. The van der Waals surface area contributed by atoms with Crippen molar-refractivity contribution >= 4 is 11.0 Å². The number of fused-ring (bicyclic) bond motifs is 1. The van der Waals surface area contributed by atoms with Gasteiger partial charge < -0.3 is 14.5 Å². The van der Waals surface area contributed by atoms with Gasteiger partial charge in [-0.05, 0) is 54.4 Å². The predicted molar refractivity (Wildman–Crippen MR) is 108 cm³/mol. The number of para-hydroxylation sites is 2. The summed E-state index contributed by atoms with van der Waals surface area (Å²) in [5.74, 6) is 2.50. The standard InChI is InChI=1S/C23H22N2O2/c1-3-16-8-11-19(12-9-16)27-15-18-14-17(10-13-22(18)26-2)23-24-20-6-4-5-7-21(20)25-23/h4-14H,3,15H2,1-2H3,(H,24,25). The quantitative estimate of drug-likeness (QED) is 0.503. The van der Waals surface area contributed by atoms with Gasteiger partial charge >= 0.3 is 0 Å². The maximum atomic E-state index is 5.97. The van der Waals surface area contributed by atoms with Crippen LogP contribution in [0.15, 0.2) is 66.7 Å². The summed E-state index contributed by atoms with van der Waals surface area (Å²) >= 11 is 0. The van der Waals surface area contributed by atoms with Crippen LogP contribution in [0.2, 0.25) is 0 Å². The Kier molecular flexibility index (Phi) is 4.79. The molecule has 136 valence electrons. The zero-order chi connectivity index (χ0) is 18.6. The maximum Gasteiger partial charge on any atom is 0.138 e. The number of hydrogen-bond donors (Lipinski definition) is 1. The fourth-order valence-electron chi connectivity index (χ4n) is 3.11. The Hall–Kier alpha value is -3.27. The smallest absolute Gasteiger partial charge is 0.138 e. The molecule has 0 saturated carbocycles. The van der Waals surface area contributed by atoms with Gasteiger partial charge in [-0.1, -0.05) is 31.2 Å². The first-order valence-electron chi connectivity index (χ1n) is 9.10. The lowest BCUT2D eigenvalue weighted by atomic mass is 10.1. The highest BCUT2D eigenvalue weighted by Gasteiger charge is 2.10. The van der Waals surface area contributed by atoms with Crippen LogP contribution in [0.1, 0.15) is 18.1 Å². The molecule has 0 fully saturated rings. The molecule has 4 heteroatoms. The first-order chi connectivity index (χ1) is 13.3. The summed E-state index contributed by atoms with van der Waals surface area (Å²) in [4.78, 5) is 8.05. The molecule has 0 saturated heterocycles. The molecule has 27 heavy (non-hydrogen) atoms. The van der Waals surface area contributed by atoms with Crippen LogP contribution in [0.25, 0.3) is 22.4 Å². The van der Waals surface area contributed by atoms with Crippen molar-refractivity contribution in [3.8, 4) is 22.9 Å². The molecule has 1 heterocycles. The largest absolute Gasteiger partial charge is 0.496 e. The number of rotatable bonds is 6. The second kappa shape index (κ2) is 7.54. The molecule has 0 unspecified atom stereocenters. The first-order valence-corrected chi connectivity index (χ1v) is 9.10. The van der Waals surface area contributed by atoms with Crippen LogP contribution >= 0.6 is 0 Å². The number of aromatic amines is 1. The molecule has 1 N–H and O–H groups in total. The van der Waals surface area contributed by atoms with Crippen LogP contribution in [0.3, 0.4) is 0 Å². The number of benzene rings is 3. The minimum atomic E-state index is 0.433. The lowest BCUT2D eigenvalue weighted by molar-refractivity contribution is 0.296. The van der Waals surface area contributed by atoms with Crippen molar-refractivity contribution in [3.63, 3.8) is 0 Å². The molecular weight excluding hydrogens is 336 g/mol. The average Bonchev–Trinajstić information content (AvgIpc) is 3.16. The van der Waals surface area contributed by atoms with E-state index in [1.807, 2.05) is 48.5 Å². The van der Waals surface area contributed by atoms with Gasteiger partial charge in [0.05, 0.1) is 18.1 Å². The molecule has 0 aliphatic heterocycles. The Bertz CT molecular complexity index is 1020. The topological polar surface area (TPSA) is 47.1 Å². The molecular formula is C23H22N2O2. The number of aryl methyl sites for hydroxylation is 1. The van der Waals surface area contributed by atoms with Crippen LogP contribution < -0.4 is 9.47 Å². The van der Waals surface area contributed by atoms with Crippen LogP contribution in [0.4, 0.5) is 0 Å². The Labute approximate surface area is 158 Å². The fraction of sp³-hybridized carbons (Fsp3) is 0.174. The van der Waals surface area contributed by atoms with E-state index in [-0.39, 0.29) is 0 Å². The number of ether oxygens (including phenoxy) is 2. The minimum Gasteiger partial charge on any atom is -0.496 e. The highest BCUT2D eigenvalue weighted by molar-refractivity contribution is 5.79. The summed E-state index contributed by atoms with van der Waals surface area (Å²) in [6.07, 6.45) is 1.02. The Morgan fingerprint density at radius 3 is 2.52 bits per heavy atom. The second-order valence-corrected chi connectivity index (χ2v) is 6.42. The fourth-order valence-corrected chi connectivity index (χ4v) is 3.11. The van der Waals surface area contributed by atoms with Crippen LogP contribution in [0, 0.1) is 0 Å². The van der Waals surface area contributed by atoms with E-state index in [2.05, 4.69) is 35.1 Å². The summed E-state index contributed by atoms with van der Waals surface area (Å²) in [5, 5.41) is 0. The Balaban J connectivity index is 1.60. The van der Waals surface area contributed by atoms with Crippen molar-refractivity contribution < 1.29 is 9.47 Å². The van der Waals surface area contributed by atoms with Gasteiger partial charge in [-0.3, -0.25) is 0 Å². The molecule has 0 amide bonds. The van der Waals surface area contributed by atoms with Gasteiger partial charge in [-0.15, -0.1) is 0 Å². The Morgan fingerprint density at radius 2 is 1.78 bits per heavy atom. The zero-order valence-electron chi connectivity index (χ0n) is 15.5. The van der Waals surface area contributed by atoms with E-state index in [1.165, 1.54) is 5.56 Å². The molecule has 4 rings (SSSR count). The normalized spacial score (nSPS) is 10.9. The van der Waals surface area contributed by atoms with Gasteiger partial charge in [0, 0.05) is 11.1 Å². The third-order valence-corrected chi connectivity index (χ3v) is 4.67. The molecule has 0 spiro atoms. The monoisotopic (exact) mass is 358 g/mol. The number of nitrogens with zero attached hydrogens (tertiary/aromatic N) is 1. The summed E-state index contributed by atoms with van der Waals surface area (Å²) in [7, 11) is 1.68. The van der Waals surface area contributed by atoms with Crippen molar-refractivity contribution in [1.29, 1.82) is 0 Å². The molecule has 1 aromatic heterocycles. The van der Waals surface area contributed by atoms with E-state index >= 15 is 0 Å². The average molecular weight is 358 g/mol. The van der Waals surface area contributed by atoms with E-state index in [0.717, 1.165) is 45.9 Å². The van der Waals surface area contributed by atoms with Gasteiger partial charge in [0.25, 0.3) is 0 Å². The number of nitrogens with one attached hydrogen (secondary N) is 1. The van der Waals surface area contributed by atoms with E-state index in [1.54, 1.807) is 7.11 Å². The number of hydrogen-bond acceptors (Lipinski definition) is 3. The van der Waals surface area contributed by atoms with E-state index < -0.39 is 0 Å². The molecule has 0 bridgehead atoms. The van der Waals surface area contributed by atoms with Gasteiger partial charge in [-0.25, -0.2) is 4.98 Å². The van der Waals surface area contributed by atoms with E-state index in [4.69, 9.17) is 9.47 Å². The lowest BCUT2D eigenvalue weighted by Gasteiger charge is -2.12. The Morgan fingerprint density at radius 1 is 0.963 bits per heavy atom. The number of methoxy groups -OCH3 is 1. The van der Waals surface area contributed by atoms with Crippen molar-refractivity contribution in [2.24, 2.45) is 0 Å². The molecule has 3 aromatic carbocycles. The molecule has 0 radical (unpaired) electrons. The molecule has 0 aliphatic carbocycles. The third kappa shape index (κ3) is 3.65. The van der Waals surface area contributed by atoms with Gasteiger partial charge in [0.1, 0.15) is 23.9 Å². The third-order valence-electron chi connectivity index (χ3n) is 4.67. The van der Waals surface area contributed by atoms with Crippen molar-refractivity contribution in [3.05, 3.63) is 77.9 Å². The number of aromatic nitrogens is 2. The predicted octanol–water partition coefficient (Wildman–Crippen LogP) is 5.38. The summed E-state index contributed by atoms with van der Waals surface area (Å²) in [6.45, 7) is 2.58. The first kappa shape index (κ1) is 17.2. The van der Waals surface area contributed by atoms with Gasteiger partial charge in [0.15, 0.2) is 0 Å². The molecule has 4 aromatic rings. The second-order valence-electron chi connectivity index (χ2n) is 6.42. The summed E-state index contributed by atoms with van der Waals surface area (Å²) in [6, 6.07) is 22.3. The molecule has 4 nitrogen and oxygen atoms in total. The highest BCUT2D eigenvalue weighted by atomic mass is 16.5. The maximum absolute atomic E-state index is 5.97. The van der Waals surface area contributed by atoms with Crippen molar-refractivity contribution in [2.45, 2.75) is 20.0 Å². The van der Waals surface area contributed by atoms with Crippen LogP contribution in [-0.4, -0.2) is 17.1 Å². The SMILES string of the molecule is CCc1ccc(OCc2cc(-c3nc4ccccc4[nH]3)ccc2OC)cc1. The van der Waals surface area contributed by atoms with Gasteiger partial charge in [0.2, 0.25) is 0 Å². The van der Waals surface area contributed by atoms with Crippen molar-refractivity contribution in [2.75, 3.05) is 7.11 Å². The van der Waals surface area contributed by atoms with E-state index in [0.29, 0.717) is 6.61 Å². The molecule has 0 atom stereocenters.